The Morgan fingerprint density at radius 2 is 1.64 bits per heavy atom. The van der Waals surface area contributed by atoms with E-state index in [2.05, 4.69) is 37.6 Å². The molecule has 3 aromatic carbocycles. The first kappa shape index (κ1) is 16.2. The van der Waals surface area contributed by atoms with Crippen molar-refractivity contribution in [3.8, 4) is 0 Å². The number of benzene rings is 3. The third kappa shape index (κ3) is 3.09. The molecule has 28 heavy (non-hydrogen) atoms. The molecule has 5 rings (SSSR count). The molecule has 0 saturated carbocycles. The van der Waals surface area contributed by atoms with Crippen molar-refractivity contribution in [2.75, 3.05) is 11.1 Å². The van der Waals surface area contributed by atoms with Crippen LogP contribution in [0.15, 0.2) is 73.1 Å². The molecule has 0 saturated heterocycles. The minimum absolute atomic E-state index is 0.633. The number of hydrogen-bond acceptors (Lipinski definition) is 6. The van der Waals surface area contributed by atoms with Crippen molar-refractivity contribution in [2.24, 2.45) is 0 Å². The van der Waals surface area contributed by atoms with Gasteiger partial charge in [-0.15, -0.1) is 0 Å². The normalized spacial score (nSPS) is 11.1. The van der Waals surface area contributed by atoms with E-state index in [0.29, 0.717) is 18.1 Å². The Kier molecular flexibility index (Phi) is 3.83. The summed E-state index contributed by atoms with van der Waals surface area (Å²) in [4.78, 5) is 10.4. The first-order valence-electron chi connectivity index (χ1n) is 8.91. The van der Waals surface area contributed by atoms with Crippen LogP contribution in [0.3, 0.4) is 0 Å². The van der Waals surface area contributed by atoms with E-state index in [1.807, 2.05) is 54.6 Å². The highest BCUT2D eigenvalue weighted by atomic mass is 15.5. The van der Waals surface area contributed by atoms with Gasteiger partial charge in [0.25, 0.3) is 0 Å². The number of nitrogens with one attached hydrogen (secondary N) is 1. The Bertz CT molecular complexity index is 1280. The highest BCUT2D eigenvalue weighted by molar-refractivity contribution is 5.93. The summed E-state index contributed by atoms with van der Waals surface area (Å²) >= 11 is 0. The van der Waals surface area contributed by atoms with Gasteiger partial charge in [-0.05, 0) is 42.0 Å². The van der Waals surface area contributed by atoms with Crippen molar-refractivity contribution in [1.82, 2.24) is 25.0 Å². The standard InChI is InChI=1S/C21H17N7/c22-15-6-8-18-17(10-15)21(24-13-23-18)25-16-7-9-19-20(11-16)27-28(26-19)12-14-4-2-1-3-5-14/h1-11,13H,12,22H2,(H,23,24,25). The number of hydrogen-bond donors (Lipinski definition) is 2. The van der Waals surface area contributed by atoms with E-state index in [-0.39, 0.29) is 0 Å². The van der Waals surface area contributed by atoms with Crippen LogP contribution in [0.1, 0.15) is 5.56 Å². The fourth-order valence-electron chi connectivity index (χ4n) is 3.16. The summed E-state index contributed by atoms with van der Waals surface area (Å²) in [5.41, 5.74) is 11.1. The molecule has 0 amide bonds. The number of anilines is 3. The largest absolute Gasteiger partial charge is 0.399 e. The van der Waals surface area contributed by atoms with Gasteiger partial charge in [-0.3, -0.25) is 0 Å². The molecule has 2 heterocycles. The fourth-order valence-corrected chi connectivity index (χ4v) is 3.16. The van der Waals surface area contributed by atoms with Crippen molar-refractivity contribution in [3.05, 3.63) is 78.6 Å². The molecule has 0 aliphatic rings. The average Bonchev–Trinajstić information content (AvgIpc) is 3.11. The summed E-state index contributed by atoms with van der Waals surface area (Å²) in [6.07, 6.45) is 1.54. The van der Waals surface area contributed by atoms with E-state index >= 15 is 0 Å². The van der Waals surface area contributed by atoms with E-state index in [9.17, 15) is 0 Å². The Morgan fingerprint density at radius 1 is 0.821 bits per heavy atom. The highest BCUT2D eigenvalue weighted by Gasteiger charge is 2.08. The van der Waals surface area contributed by atoms with Gasteiger partial charge < -0.3 is 11.1 Å². The zero-order valence-electron chi connectivity index (χ0n) is 14.9. The van der Waals surface area contributed by atoms with Gasteiger partial charge in [0.05, 0.1) is 12.1 Å². The van der Waals surface area contributed by atoms with E-state index in [1.165, 1.54) is 6.33 Å². The summed E-state index contributed by atoms with van der Waals surface area (Å²) < 4.78 is 0. The van der Waals surface area contributed by atoms with Gasteiger partial charge in [0, 0.05) is 16.8 Å². The molecule has 0 atom stereocenters. The van der Waals surface area contributed by atoms with Gasteiger partial charge in [0.15, 0.2) is 0 Å². The first-order valence-corrected chi connectivity index (χ1v) is 8.91. The van der Waals surface area contributed by atoms with Crippen LogP contribution in [-0.4, -0.2) is 25.0 Å². The Labute approximate surface area is 160 Å². The first-order chi connectivity index (χ1) is 13.7. The predicted molar refractivity (Wildman–Crippen MR) is 110 cm³/mol. The van der Waals surface area contributed by atoms with Crippen molar-refractivity contribution in [2.45, 2.75) is 6.54 Å². The molecular formula is C21H17N7. The lowest BCUT2D eigenvalue weighted by molar-refractivity contribution is 0.600. The van der Waals surface area contributed by atoms with E-state index in [4.69, 9.17) is 5.73 Å². The number of nitrogens with two attached hydrogens (primary N) is 1. The molecular weight excluding hydrogens is 350 g/mol. The summed E-state index contributed by atoms with van der Waals surface area (Å²) in [5.74, 6) is 0.702. The molecule has 5 aromatic rings. The zero-order chi connectivity index (χ0) is 18.9. The van der Waals surface area contributed by atoms with Crippen LogP contribution in [0.4, 0.5) is 17.2 Å². The third-order valence-corrected chi connectivity index (χ3v) is 4.51. The van der Waals surface area contributed by atoms with Crippen LogP contribution in [0.2, 0.25) is 0 Å². The molecule has 3 N–H and O–H groups in total. The highest BCUT2D eigenvalue weighted by Crippen LogP contribution is 2.26. The van der Waals surface area contributed by atoms with Crippen LogP contribution in [-0.2, 0) is 6.54 Å². The van der Waals surface area contributed by atoms with Crippen molar-refractivity contribution >= 4 is 39.1 Å². The minimum Gasteiger partial charge on any atom is -0.399 e. The van der Waals surface area contributed by atoms with Crippen molar-refractivity contribution in [1.29, 1.82) is 0 Å². The molecule has 0 aliphatic heterocycles. The molecule has 0 bridgehead atoms. The average molecular weight is 367 g/mol. The van der Waals surface area contributed by atoms with Gasteiger partial charge in [-0.2, -0.15) is 15.0 Å². The second kappa shape index (κ2) is 6.62. The van der Waals surface area contributed by atoms with Crippen LogP contribution >= 0.6 is 0 Å². The molecule has 7 heteroatoms. The lowest BCUT2D eigenvalue weighted by Gasteiger charge is -2.08. The SMILES string of the molecule is Nc1ccc2ncnc(Nc3ccc4nn(Cc5ccccc5)nc4c3)c2c1. The maximum atomic E-state index is 5.92. The van der Waals surface area contributed by atoms with Crippen LogP contribution in [0, 0.1) is 0 Å². The monoisotopic (exact) mass is 367 g/mol. The number of nitrogen functional groups attached to an aromatic ring is 1. The van der Waals surface area contributed by atoms with Gasteiger partial charge in [-0.1, -0.05) is 30.3 Å². The van der Waals surface area contributed by atoms with E-state index in [1.54, 1.807) is 4.80 Å². The van der Waals surface area contributed by atoms with Crippen LogP contribution < -0.4 is 11.1 Å². The van der Waals surface area contributed by atoms with E-state index < -0.39 is 0 Å². The van der Waals surface area contributed by atoms with Crippen molar-refractivity contribution in [3.63, 3.8) is 0 Å². The maximum Gasteiger partial charge on any atom is 0.141 e. The molecule has 136 valence electrons. The maximum absolute atomic E-state index is 5.92. The van der Waals surface area contributed by atoms with Gasteiger partial charge >= 0.3 is 0 Å². The van der Waals surface area contributed by atoms with Crippen LogP contribution in [0.5, 0.6) is 0 Å². The fraction of sp³-hybridized carbons (Fsp3) is 0.0476. The topological polar surface area (TPSA) is 94.5 Å². The molecule has 0 unspecified atom stereocenters. The van der Waals surface area contributed by atoms with Crippen molar-refractivity contribution < 1.29 is 0 Å². The Morgan fingerprint density at radius 3 is 2.54 bits per heavy atom. The number of aromatic nitrogens is 5. The second-order valence-electron chi connectivity index (χ2n) is 6.54. The lowest BCUT2D eigenvalue weighted by atomic mass is 10.2. The van der Waals surface area contributed by atoms with Crippen LogP contribution in [0.25, 0.3) is 21.9 Å². The molecule has 0 radical (unpaired) electrons. The second-order valence-corrected chi connectivity index (χ2v) is 6.54. The van der Waals surface area contributed by atoms with Gasteiger partial charge in [-0.25, -0.2) is 9.97 Å². The summed E-state index contributed by atoms with van der Waals surface area (Å²) in [5, 5.41) is 13.4. The quantitative estimate of drug-likeness (QED) is 0.470. The van der Waals surface area contributed by atoms with E-state index in [0.717, 1.165) is 33.2 Å². The third-order valence-electron chi connectivity index (χ3n) is 4.51. The molecule has 7 nitrogen and oxygen atoms in total. The Balaban J connectivity index is 1.46. The minimum atomic E-state index is 0.633. The summed E-state index contributed by atoms with van der Waals surface area (Å²) in [7, 11) is 0. The molecule has 2 aromatic heterocycles. The predicted octanol–water partition coefficient (Wildman–Crippen LogP) is 3.75. The van der Waals surface area contributed by atoms with Gasteiger partial charge in [0.2, 0.25) is 0 Å². The zero-order valence-corrected chi connectivity index (χ0v) is 14.9. The number of nitrogens with zero attached hydrogens (tertiary/aromatic N) is 5. The molecule has 0 fully saturated rings. The molecule has 0 aliphatic carbocycles. The Hall–Kier alpha value is -4.00. The lowest BCUT2D eigenvalue weighted by Crippen LogP contribution is -2.03. The number of fused-ring (bicyclic) bond motifs is 2. The summed E-state index contributed by atoms with van der Waals surface area (Å²) in [6.45, 7) is 0.633. The summed E-state index contributed by atoms with van der Waals surface area (Å²) in [6, 6.07) is 21.6. The number of rotatable bonds is 4. The smallest absolute Gasteiger partial charge is 0.141 e. The van der Waals surface area contributed by atoms with Gasteiger partial charge in [0.1, 0.15) is 23.2 Å². The molecule has 0 spiro atoms.